The van der Waals surface area contributed by atoms with Crippen LogP contribution in [-0.4, -0.2) is 11.5 Å². The Morgan fingerprint density at radius 3 is 2.41 bits per heavy atom. The second-order valence-corrected chi connectivity index (χ2v) is 7.09. The van der Waals surface area contributed by atoms with E-state index in [-0.39, 0.29) is 11.2 Å². The average molecular weight is 254 g/mol. The van der Waals surface area contributed by atoms with Crippen molar-refractivity contribution in [1.29, 1.82) is 0 Å². The predicted molar refractivity (Wildman–Crippen MR) is 72.6 cm³/mol. The fraction of sp³-hybridized carbons (Fsp3) is 0.769. The topological polar surface area (TPSA) is 34.2 Å². The Bertz CT molecular complexity index is 390. The molecule has 96 valence electrons. The van der Waals surface area contributed by atoms with Crippen LogP contribution in [0.5, 0.6) is 0 Å². The van der Waals surface area contributed by atoms with E-state index in [0.717, 1.165) is 17.4 Å². The summed E-state index contributed by atoms with van der Waals surface area (Å²) in [6, 6.07) is 0. The summed E-state index contributed by atoms with van der Waals surface area (Å²) >= 11 is 1.73. The second-order valence-electron chi connectivity index (χ2n) is 6.09. The van der Waals surface area contributed by atoms with Gasteiger partial charge >= 0.3 is 0 Å². The van der Waals surface area contributed by atoms with Crippen molar-refractivity contribution in [3.63, 3.8) is 0 Å². The maximum absolute atomic E-state index is 6.05. The number of hydrogen-bond acceptors (Lipinski definition) is 4. The van der Waals surface area contributed by atoms with E-state index in [1.165, 1.54) is 4.88 Å². The van der Waals surface area contributed by atoms with Gasteiger partial charge in [0.05, 0.1) is 16.2 Å². The number of rotatable bonds is 3. The zero-order valence-electron chi connectivity index (χ0n) is 11.5. The molecule has 2 rings (SSSR count). The first-order valence-corrected chi connectivity index (χ1v) is 7.00. The Morgan fingerprint density at radius 2 is 1.88 bits per heavy atom. The number of nitrogens with zero attached hydrogens (tertiary/aromatic N) is 1. The van der Waals surface area contributed by atoms with Crippen LogP contribution in [0.4, 0.5) is 5.13 Å². The molecular formula is C13H22N2OS. The van der Waals surface area contributed by atoms with Crippen LogP contribution >= 0.6 is 11.3 Å². The number of fused-ring (bicyclic) bond motifs is 1. The lowest BCUT2D eigenvalue weighted by Crippen LogP contribution is -2.23. The average Bonchev–Trinajstić information content (AvgIpc) is 2.63. The Morgan fingerprint density at radius 1 is 1.24 bits per heavy atom. The molecule has 0 aliphatic carbocycles. The maximum Gasteiger partial charge on any atom is 0.183 e. The first-order valence-electron chi connectivity index (χ1n) is 6.18. The number of aromatic nitrogens is 1. The van der Waals surface area contributed by atoms with Gasteiger partial charge in [0.25, 0.3) is 0 Å². The molecule has 0 spiro atoms. The predicted octanol–water partition coefficient (Wildman–Crippen LogP) is 3.71. The molecule has 0 fully saturated rings. The van der Waals surface area contributed by atoms with Gasteiger partial charge in [0.1, 0.15) is 5.60 Å². The zero-order valence-corrected chi connectivity index (χ0v) is 12.4. The number of hydrogen-bond donors (Lipinski definition) is 1. The van der Waals surface area contributed by atoms with E-state index in [1.54, 1.807) is 11.3 Å². The highest BCUT2D eigenvalue weighted by atomic mass is 32.1. The van der Waals surface area contributed by atoms with Crippen LogP contribution in [0.15, 0.2) is 0 Å². The molecule has 1 aliphatic heterocycles. The van der Waals surface area contributed by atoms with E-state index in [2.05, 4.69) is 46.9 Å². The molecule has 0 bridgehead atoms. The summed E-state index contributed by atoms with van der Waals surface area (Å²) in [4.78, 5) is 5.95. The Hall–Kier alpha value is -0.610. The molecule has 0 atom stereocenters. The molecule has 3 nitrogen and oxygen atoms in total. The van der Waals surface area contributed by atoms with Crippen LogP contribution in [0.1, 0.15) is 52.1 Å². The summed E-state index contributed by atoms with van der Waals surface area (Å²) in [6.45, 7) is 13.8. The van der Waals surface area contributed by atoms with Gasteiger partial charge in [0.2, 0.25) is 0 Å². The third-order valence-electron chi connectivity index (χ3n) is 2.92. The molecule has 0 aromatic carbocycles. The summed E-state index contributed by atoms with van der Waals surface area (Å²) < 4.78 is 6.05. The minimum atomic E-state index is -0.271. The number of thiazole rings is 1. The standard InChI is InChI=1S/C13H22N2OS/c1-8(2)7-14-11-15-9-10(17-11)13(5,6)16-12(9,3)4/h8H,7H2,1-6H3,(H,14,15). The van der Waals surface area contributed by atoms with Gasteiger partial charge in [-0.25, -0.2) is 4.98 Å². The molecule has 17 heavy (non-hydrogen) atoms. The maximum atomic E-state index is 6.05. The van der Waals surface area contributed by atoms with Gasteiger partial charge in [0, 0.05) is 6.54 Å². The lowest BCUT2D eigenvalue weighted by molar-refractivity contribution is -0.105. The van der Waals surface area contributed by atoms with Gasteiger partial charge < -0.3 is 10.1 Å². The van der Waals surface area contributed by atoms with Gasteiger partial charge in [-0.3, -0.25) is 0 Å². The van der Waals surface area contributed by atoms with Crippen LogP contribution in [-0.2, 0) is 15.9 Å². The highest BCUT2D eigenvalue weighted by Gasteiger charge is 2.46. The third-order valence-corrected chi connectivity index (χ3v) is 4.23. The molecule has 4 heteroatoms. The molecular weight excluding hydrogens is 232 g/mol. The molecule has 0 saturated heterocycles. The highest BCUT2D eigenvalue weighted by Crippen LogP contribution is 2.49. The van der Waals surface area contributed by atoms with E-state index < -0.39 is 0 Å². The summed E-state index contributed by atoms with van der Waals surface area (Å²) in [7, 11) is 0. The Balaban J connectivity index is 2.27. The van der Waals surface area contributed by atoms with E-state index in [0.29, 0.717) is 5.92 Å². The van der Waals surface area contributed by atoms with E-state index >= 15 is 0 Å². The van der Waals surface area contributed by atoms with Crippen molar-refractivity contribution in [2.24, 2.45) is 5.92 Å². The lowest BCUT2D eigenvalue weighted by atomic mass is 10.0. The van der Waals surface area contributed by atoms with Crippen molar-refractivity contribution >= 4 is 16.5 Å². The quantitative estimate of drug-likeness (QED) is 0.893. The summed E-state index contributed by atoms with van der Waals surface area (Å²) in [5, 5.41) is 4.42. The van der Waals surface area contributed by atoms with Crippen molar-refractivity contribution in [1.82, 2.24) is 4.98 Å². The summed E-state index contributed by atoms with van der Waals surface area (Å²) in [5.41, 5.74) is 0.611. The number of nitrogens with one attached hydrogen (secondary N) is 1. The van der Waals surface area contributed by atoms with Crippen molar-refractivity contribution < 1.29 is 4.74 Å². The first-order chi connectivity index (χ1) is 7.72. The van der Waals surface area contributed by atoms with E-state index in [4.69, 9.17) is 9.72 Å². The van der Waals surface area contributed by atoms with Crippen LogP contribution in [0.3, 0.4) is 0 Å². The minimum absolute atomic E-state index is 0.214. The zero-order chi connectivity index (χ0) is 12.8. The molecule has 1 aromatic rings. The van der Waals surface area contributed by atoms with Crippen molar-refractivity contribution in [3.05, 3.63) is 10.6 Å². The van der Waals surface area contributed by atoms with Crippen molar-refractivity contribution in [3.8, 4) is 0 Å². The monoisotopic (exact) mass is 254 g/mol. The van der Waals surface area contributed by atoms with Crippen LogP contribution in [0.2, 0.25) is 0 Å². The molecule has 1 N–H and O–H groups in total. The first kappa shape index (κ1) is 12.8. The molecule has 0 amide bonds. The molecule has 1 aliphatic rings. The van der Waals surface area contributed by atoms with Crippen molar-refractivity contribution in [2.75, 3.05) is 11.9 Å². The van der Waals surface area contributed by atoms with Gasteiger partial charge in [-0.1, -0.05) is 25.2 Å². The van der Waals surface area contributed by atoms with Crippen LogP contribution in [0.25, 0.3) is 0 Å². The Labute approximate surface area is 108 Å². The Kier molecular flexibility index (Phi) is 2.99. The second kappa shape index (κ2) is 3.95. The number of ether oxygens (including phenoxy) is 1. The smallest absolute Gasteiger partial charge is 0.183 e. The largest absolute Gasteiger partial charge is 0.361 e. The van der Waals surface area contributed by atoms with E-state index in [1.807, 2.05) is 0 Å². The van der Waals surface area contributed by atoms with Gasteiger partial charge in [0.15, 0.2) is 5.13 Å². The molecule has 1 aromatic heterocycles. The van der Waals surface area contributed by atoms with Gasteiger partial charge in [-0.2, -0.15) is 0 Å². The molecule has 0 unspecified atom stereocenters. The normalized spacial score (nSPS) is 20.6. The van der Waals surface area contributed by atoms with Crippen LogP contribution < -0.4 is 5.32 Å². The van der Waals surface area contributed by atoms with Gasteiger partial charge in [-0.15, -0.1) is 0 Å². The van der Waals surface area contributed by atoms with Gasteiger partial charge in [-0.05, 0) is 33.6 Å². The van der Waals surface area contributed by atoms with Crippen molar-refractivity contribution in [2.45, 2.75) is 52.7 Å². The fourth-order valence-corrected chi connectivity index (χ4v) is 3.40. The third kappa shape index (κ3) is 2.33. The molecule has 0 saturated carbocycles. The highest BCUT2D eigenvalue weighted by molar-refractivity contribution is 7.15. The molecule has 0 radical (unpaired) electrons. The van der Waals surface area contributed by atoms with Crippen LogP contribution in [0, 0.1) is 5.92 Å². The lowest BCUT2D eigenvalue weighted by Gasteiger charge is -2.24. The summed E-state index contributed by atoms with van der Waals surface area (Å²) in [6.07, 6.45) is 0. The number of anilines is 1. The van der Waals surface area contributed by atoms with E-state index in [9.17, 15) is 0 Å². The molecule has 2 heterocycles. The fourth-order valence-electron chi connectivity index (χ4n) is 2.24. The summed E-state index contributed by atoms with van der Waals surface area (Å²) in [5.74, 6) is 0.631. The minimum Gasteiger partial charge on any atom is -0.361 e. The SMILES string of the molecule is CC(C)CNc1nc2c(s1)C(C)(C)OC2(C)C.